The predicted molar refractivity (Wildman–Crippen MR) is 76.9 cm³/mol. The van der Waals surface area contributed by atoms with Gasteiger partial charge in [-0.2, -0.15) is 0 Å². The lowest BCUT2D eigenvalue weighted by atomic mass is 10.3. The van der Waals surface area contributed by atoms with Crippen LogP contribution in [0.5, 0.6) is 0 Å². The maximum atomic E-state index is 11.9. The maximum absolute atomic E-state index is 11.9. The molecule has 0 aliphatic heterocycles. The molecule has 0 saturated carbocycles. The van der Waals surface area contributed by atoms with Crippen LogP contribution in [-0.4, -0.2) is 40.5 Å². The van der Waals surface area contributed by atoms with Gasteiger partial charge in [-0.15, -0.1) is 5.10 Å². The first-order valence-corrected chi connectivity index (χ1v) is 6.78. The minimum atomic E-state index is -0.203. The van der Waals surface area contributed by atoms with Crippen molar-refractivity contribution in [3.8, 4) is 5.69 Å². The first-order chi connectivity index (χ1) is 9.81. The first-order valence-electron chi connectivity index (χ1n) is 6.78. The molecule has 0 aliphatic carbocycles. The van der Waals surface area contributed by atoms with Gasteiger partial charge in [0.15, 0.2) is 5.69 Å². The summed E-state index contributed by atoms with van der Waals surface area (Å²) in [5, 5.41) is 13.9. The molecule has 0 spiro atoms. The fourth-order valence-corrected chi connectivity index (χ4v) is 1.73. The quantitative estimate of drug-likeness (QED) is 0.738. The van der Waals surface area contributed by atoms with Crippen LogP contribution in [0.3, 0.4) is 0 Å². The number of nitrogens with zero attached hydrogens (tertiary/aromatic N) is 3. The van der Waals surface area contributed by atoms with E-state index in [9.17, 15) is 4.79 Å². The highest BCUT2D eigenvalue weighted by molar-refractivity contribution is 5.91. The van der Waals surface area contributed by atoms with E-state index in [1.54, 1.807) is 10.9 Å². The van der Waals surface area contributed by atoms with E-state index in [1.165, 1.54) is 0 Å². The smallest absolute Gasteiger partial charge is 0.273 e. The molecule has 0 unspecified atom stereocenters. The van der Waals surface area contributed by atoms with Crippen LogP contribution in [0, 0.1) is 0 Å². The Kier molecular flexibility index (Phi) is 5.25. The van der Waals surface area contributed by atoms with Crippen molar-refractivity contribution in [2.45, 2.75) is 13.3 Å². The third-order valence-electron chi connectivity index (χ3n) is 2.76. The SMILES string of the molecule is CCCNCCNC(=O)c1cn(-c2ccccc2)nn1. The summed E-state index contributed by atoms with van der Waals surface area (Å²) in [6.45, 7) is 4.40. The van der Waals surface area contributed by atoms with Gasteiger partial charge in [-0.05, 0) is 25.1 Å². The van der Waals surface area contributed by atoms with Crippen LogP contribution in [0.4, 0.5) is 0 Å². The van der Waals surface area contributed by atoms with Crippen LogP contribution in [0.1, 0.15) is 23.8 Å². The van der Waals surface area contributed by atoms with Gasteiger partial charge in [0.2, 0.25) is 0 Å². The third kappa shape index (κ3) is 3.89. The van der Waals surface area contributed by atoms with E-state index in [0.29, 0.717) is 12.2 Å². The lowest BCUT2D eigenvalue weighted by molar-refractivity contribution is 0.0949. The highest BCUT2D eigenvalue weighted by Gasteiger charge is 2.10. The number of amides is 1. The van der Waals surface area contributed by atoms with E-state index >= 15 is 0 Å². The highest BCUT2D eigenvalue weighted by atomic mass is 16.2. The van der Waals surface area contributed by atoms with Gasteiger partial charge in [0.1, 0.15) is 0 Å². The Morgan fingerprint density at radius 2 is 2.00 bits per heavy atom. The molecule has 106 valence electrons. The van der Waals surface area contributed by atoms with Crippen molar-refractivity contribution in [1.82, 2.24) is 25.6 Å². The van der Waals surface area contributed by atoms with Crippen molar-refractivity contribution >= 4 is 5.91 Å². The standard InChI is InChI=1S/C14H19N5O/c1-2-8-15-9-10-16-14(20)13-11-19(18-17-13)12-6-4-3-5-7-12/h3-7,11,15H,2,8-10H2,1H3,(H,16,20). The summed E-state index contributed by atoms with van der Waals surface area (Å²) in [5.74, 6) is -0.203. The van der Waals surface area contributed by atoms with Gasteiger partial charge in [-0.25, -0.2) is 4.68 Å². The Hall–Kier alpha value is -2.21. The minimum Gasteiger partial charge on any atom is -0.349 e. The molecule has 1 aromatic carbocycles. The Bertz CT molecular complexity index is 538. The summed E-state index contributed by atoms with van der Waals surface area (Å²) in [7, 11) is 0. The second-order valence-electron chi connectivity index (χ2n) is 4.39. The lowest BCUT2D eigenvalue weighted by Crippen LogP contribution is -2.32. The normalized spacial score (nSPS) is 10.4. The van der Waals surface area contributed by atoms with Crippen molar-refractivity contribution in [1.29, 1.82) is 0 Å². The molecular weight excluding hydrogens is 254 g/mol. The highest BCUT2D eigenvalue weighted by Crippen LogP contribution is 2.05. The van der Waals surface area contributed by atoms with E-state index in [2.05, 4.69) is 27.9 Å². The van der Waals surface area contributed by atoms with Crippen molar-refractivity contribution in [2.75, 3.05) is 19.6 Å². The van der Waals surface area contributed by atoms with Crippen LogP contribution >= 0.6 is 0 Å². The summed E-state index contributed by atoms with van der Waals surface area (Å²) in [4.78, 5) is 11.9. The fourth-order valence-electron chi connectivity index (χ4n) is 1.73. The van der Waals surface area contributed by atoms with Gasteiger partial charge in [0, 0.05) is 13.1 Å². The van der Waals surface area contributed by atoms with Gasteiger partial charge in [0.05, 0.1) is 11.9 Å². The van der Waals surface area contributed by atoms with E-state index in [-0.39, 0.29) is 5.91 Å². The Balaban J connectivity index is 1.87. The molecule has 6 nitrogen and oxygen atoms in total. The molecule has 1 amide bonds. The average molecular weight is 273 g/mol. The number of aromatic nitrogens is 3. The molecule has 20 heavy (non-hydrogen) atoms. The van der Waals surface area contributed by atoms with Gasteiger partial charge >= 0.3 is 0 Å². The topological polar surface area (TPSA) is 71.8 Å². The van der Waals surface area contributed by atoms with E-state index < -0.39 is 0 Å². The van der Waals surface area contributed by atoms with Crippen LogP contribution in [0.2, 0.25) is 0 Å². The van der Waals surface area contributed by atoms with Crippen LogP contribution in [0.25, 0.3) is 5.69 Å². The molecule has 0 radical (unpaired) electrons. The summed E-state index contributed by atoms with van der Waals surface area (Å²) < 4.78 is 1.59. The first kappa shape index (κ1) is 14.2. The summed E-state index contributed by atoms with van der Waals surface area (Å²) in [6.07, 6.45) is 2.71. The van der Waals surface area contributed by atoms with Gasteiger partial charge in [-0.3, -0.25) is 4.79 Å². The molecule has 2 aromatic rings. The summed E-state index contributed by atoms with van der Waals surface area (Å²) in [6, 6.07) is 9.57. The lowest BCUT2D eigenvalue weighted by Gasteiger charge is -2.03. The number of hydrogen-bond acceptors (Lipinski definition) is 4. The largest absolute Gasteiger partial charge is 0.349 e. The van der Waals surface area contributed by atoms with E-state index in [0.717, 1.165) is 25.2 Å². The number of benzene rings is 1. The van der Waals surface area contributed by atoms with E-state index in [1.807, 2.05) is 30.3 Å². The predicted octanol–water partition coefficient (Wildman–Crippen LogP) is 0.997. The molecule has 0 fully saturated rings. The molecule has 2 N–H and O–H groups in total. The molecule has 0 saturated heterocycles. The summed E-state index contributed by atoms with van der Waals surface area (Å²) in [5.41, 5.74) is 1.20. The van der Waals surface area contributed by atoms with E-state index in [4.69, 9.17) is 0 Å². The van der Waals surface area contributed by atoms with Crippen LogP contribution in [-0.2, 0) is 0 Å². The zero-order valence-electron chi connectivity index (χ0n) is 11.5. The second-order valence-corrected chi connectivity index (χ2v) is 4.39. The van der Waals surface area contributed by atoms with Gasteiger partial charge < -0.3 is 10.6 Å². The van der Waals surface area contributed by atoms with Crippen molar-refractivity contribution in [2.24, 2.45) is 0 Å². The number of hydrogen-bond donors (Lipinski definition) is 2. The summed E-state index contributed by atoms with van der Waals surface area (Å²) >= 11 is 0. The van der Waals surface area contributed by atoms with Gasteiger partial charge in [0.25, 0.3) is 5.91 Å². The molecule has 0 bridgehead atoms. The second kappa shape index (κ2) is 7.40. The number of para-hydroxylation sites is 1. The third-order valence-corrected chi connectivity index (χ3v) is 2.76. The molecule has 1 aromatic heterocycles. The van der Waals surface area contributed by atoms with Crippen LogP contribution < -0.4 is 10.6 Å². The molecule has 6 heteroatoms. The molecular formula is C14H19N5O. The molecule has 0 aliphatic rings. The monoisotopic (exact) mass is 273 g/mol. The molecule has 0 atom stereocenters. The zero-order chi connectivity index (χ0) is 14.2. The number of rotatable bonds is 7. The zero-order valence-corrected chi connectivity index (χ0v) is 11.5. The van der Waals surface area contributed by atoms with Crippen molar-refractivity contribution in [3.05, 3.63) is 42.2 Å². The Morgan fingerprint density at radius 1 is 1.20 bits per heavy atom. The van der Waals surface area contributed by atoms with Crippen LogP contribution in [0.15, 0.2) is 36.5 Å². The minimum absolute atomic E-state index is 0.203. The average Bonchev–Trinajstić information content (AvgIpc) is 2.98. The number of nitrogens with one attached hydrogen (secondary N) is 2. The van der Waals surface area contributed by atoms with Crippen molar-refractivity contribution < 1.29 is 4.79 Å². The number of carbonyl (C=O) groups is 1. The number of carbonyl (C=O) groups excluding carboxylic acids is 1. The maximum Gasteiger partial charge on any atom is 0.273 e. The fraction of sp³-hybridized carbons (Fsp3) is 0.357. The Morgan fingerprint density at radius 3 is 2.75 bits per heavy atom. The molecule has 2 rings (SSSR count). The van der Waals surface area contributed by atoms with Crippen molar-refractivity contribution in [3.63, 3.8) is 0 Å². The van der Waals surface area contributed by atoms with Gasteiger partial charge in [-0.1, -0.05) is 30.3 Å². The molecule has 1 heterocycles. The Labute approximate surface area is 118 Å².